The minimum Gasteiger partial charge on any atom is -0.356 e. The van der Waals surface area contributed by atoms with Crippen molar-refractivity contribution in [2.45, 2.75) is 33.2 Å². The summed E-state index contributed by atoms with van der Waals surface area (Å²) in [7, 11) is 2.03. The van der Waals surface area contributed by atoms with Crippen molar-refractivity contribution in [3.63, 3.8) is 0 Å². The van der Waals surface area contributed by atoms with Gasteiger partial charge in [-0.3, -0.25) is 0 Å². The fourth-order valence-corrected chi connectivity index (χ4v) is 1.95. The molecule has 0 aliphatic heterocycles. The average Bonchev–Trinajstić information content (AvgIpc) is 2.90. The third kappa shape index (κ3) is 2.91. The van der Waals surface area contributed by atoms with Crippen molar-refractivity contribution in [1.29, 1.82) is 0 Å². The molecule has 0 aliphatic rings. The summed E-state index contributed by atoms with van der Waals surface area (Å²) < 4.78 is 4.22. The van der Waals surface area contributed by atoms with Crippen LogP contribution in [0.2, 0.25) is 0 Å². The predicted molar refractivity (Wildman–Crippen MR) is 72.7 cm³/mol. The fraction of sp³-hybridized carbons (Fsp3) is 0.538. The number of anilines is 1. The summed E-state index contributed by atoms with van der Waals surface area (Å²) in [6.45, 7) is 6.03. The monoisotopic (exact) mass is 247 g/mol. The summed E-state index contributed by atoms with van der Waals surface area (Å²) in [5, 5.41) is 3.35. The molecule has 5 nitrogen and oxygen atoms in total. The molecule has 0 saturated heterocycles. The SMILES string of the molecule is CCCNc1nc(C)cn1CCc1nccn1C. The van der Waals surface area contributed by atoms with Crippen LogP contribution in [0.15, 0.2) is 18.6 Å². The van der Waals surface area contributed by atoms with Gasteiger partial charge in [0, 0.05) is 45.1 Å². The summed E-state index contributed by atoms with van der Waals surface area (Å²) in [5.74, 6) is 2.06. The Labute approximate surface area is 108 Å². The number of nitrogens with one attached hydrogen (secondary N) is 1. The molecule has 0 radical (unpaired) electrons. The van der Waals surface area contributed by atoms with E-state index in [1.807, 2.05) is 26.4 Å². The van der Waals surface area contributed by atoms with Crippen LogP contribution < -0.4 is 5.32 Å². The van der Waals surface area contributed by atoms with Crippen molar-refractivity contribution in [3.05, 3.63) is 30.1 Å². The number of imidazole rings is 2. The second kappa shape index (κ2) is 5.71. The molecule has 0 unspecified atom stereocenters. The maximum atomic E-state index is 4.50. The lowest BCUT2D eigenvalue weighted by molar-refractivity contribution is 0.652. The minimum absolute atomic E-state index is 0.901. The molecule has 0 saturated carbocycles. The molecular formula is C13H21N5. The molecule has 0 atom stereocenters. The zero-order valence-electron chi connectivity index (χ0n) is 11.3. The summed E-state index contributed by atoms with van der Waals surface area (Å²) in [6, 6.07) is 0. The molecule has 1 N–H and O–H groups in total. The van der Waals surface area contributed by atoms with Gasteiger partial charge >= 0.3 is 0 Å². The van der Waals surface area contributed by atoms with Gasteiger partial charge in [-0.15, -0.1) is 0 Å². The number of rotatable bonds is 6. The Balaban J connectivity index is 2.02. The first-order valence-corrected chi connectivity index (χ1v) is 6.44. The normalized spacial score (nSPS) is 10.8. The lowest BCUT2D eigenvalue weighted by Crippen LogP contribution is -2.10. The van der Waals surface area contributed by atoms with Crippen molar-refractivity contribution in [1.82, 2.24) is 19.1 Å². The van der Waals surface area contributed by atoms with Gasteiger partial charge in [0.15, 0.2) is 0 Å². The van der Waals surface area contributed by atoms with E-state index in [-0.39, 0.29) is 0 Å². The van der Waals surface area contributed by atoms with E-state index in [0.29, 0.717) is 0 Å². The van der Waals surface area contributed by atoms with Crippen molar-refractivity contribution in [2.75, 3.05) is 11.9 Å². The smallest absolute Gasteiger partial charge is 0.203 e. The van der Waals surface area contributed by atoms with Crippen LogP contribution in [0.1, 0.15) is 24.9 Å². The molecule has 5 heteroatoms. The third-order valence-corrected chi connectivity index (χ3v) is 2.93. The van der Waals surface area contributed by atoms with Crippen molar-refractivity contribution in [3.8, 4) is 0 Å². The van der Waals surface area contributed by atoms with Crippen LogP contribution in [0, 0.1) is 6.92 Å². The summed E-state index contributed by atoms with van der Waals surface area (Å²) >= 11 is 0. The highest BCUT2D eigenvalue weighted by Gasteiger charge is 2.06. The Kier molecular flexibility index (Phi) is 4.02. The maximum Gasteiger partial charge on any atom is 0.203 e. The number of nitrogens with zero attached hydrogens (tertiary/aromatic N) is 4. The first-order valence-electron chi connectivity index (χ1n) is 6.44. The van der Waals surface area contributed by atoms with Crippen LogP contribution in [0.4, 0.5) is 5.95 Å². The van der Waals surface area contributed by atoms with E-state index in [1.165, 1.54) is 0 Å². The Morgan fingerprint density at radius 2 is 2.22 bits per heavy atom. The van der Waals surface area contributed by atoms with Gasteiger partial charge in [0.25, 0.3) is 0 Å². The molecule has 98 valence electrons. The Morgan fingerprint density at radius 3 is 2.89 bits per heavy atom. The number of hydrogen-bond donors (Lipinski definition) is 1. The van der Waals surface area contributed by atoms with Crippen LogP contribution in [-0.2, 0) is 20.0 Å². The Hall–Kier alpha value is -1.78. The highest BCUT2D eigenvalue weighted by atomic mass is 15.2. The predicted octanol–water partition coefficient (Wildman–Crippen LogP) is 1.99. The minimum atomic E-state index is 0.901. The van der Waals surface area contributed by atoms with Crippen LogP contribution in [0.5, 0.6) is 0 Å². The summed E-state index contributed by atoms with van der Waals surface area (Å²) in [5.41, 5.74) is 1.05. The molecule has 2 rings (SSSR count). The summed E-state index contributed by atoms with van der Waals surface area (Å²) in [6.07, 6.45) is 7.92. The number of aromatic nitrogens is 4. The molecule has 2 heterocycles. The molecule has 0 amide bonds. The van der Waals surface area contributed by atoms with Gasteiger partial charge in [-0.2, -0.15) is 0 Å². The van der Waals surface area contributed by atoms with Crippen molar-refractivity contribution < 1.29 is 0 Å². The van der Waals surface area contributed by atoms with E-state index in [9.17, 15) is 0 Å². The lowest BCUT2D eigenvalue weighted by Gasteiger charge is -2.08. The molecule has 18 heavy (non-hydrogen) atoms. The van der Waals surface area contributed by atoms with E-state index in [2.05, 4.69) is 37.5 Å². The van der Waals surface area contributed by atoms with Gasteiger partial charge in [0.05, 0.1) is 5.69 Å². The van der Waals surface area contributed by atoms with Gasteiger partial charge in [-0.1, -0.05) is 6.92 Å². The molecule has 2 aromatic heterocycles. The molecule has 0 aliphatic carbocycles. The molecule has 2 aromatic rings. The zero-order chi connectivity index (χ0) is 13.0. The highest BCUT2D eigenvalue weighted by Crippen LogP contribution is 2.10. The standard InChI is InChI=1S/C13H21N5/c1-4-6-15-13-16-11(2)10-18(13)8-5-12-14-7-9-17(12)3/h7,9-10H,4-6,8H2,1-3H3,(H,15,16). The number of aryl methyl sites for hydroxylation is 4. The largest absolute Gasteiger partial charge is 0.356 e. The second-order valence-electron chi connectivity index (χ2n) is 4.53. The quantitative estimate of drug-likeness (QED) is 0.849. The first-order chi connectivity index (χ1) is 8.70. The molecule has 0 bridgehead atoms. The molecule has 0 fully saturated rings. The third-order valence-electron chi connectivity index (χ3n) is 2.93. The fourth-order valence-electron chi connectivity index (χ4n) is 1.95. The average molecular weight is 247 g/mol. The van der Waals surface area contributed by atoms with Gasteiger partial charge in [0.1, 0.15) is 5.82 Å². The van der Waals surface area contributed by atoms with Crippen LogP contribution in [0.3, 0.4) is 0 Å². The van der Waals surface area contributed by atoms with E-state index >= 15 is 0 Å². The molecule has 0 aromatic carbocycles. The van der Waals surface area contributed by atoms with Crippen LogP contribution >= 0.6 is 0 Å². The van der Waals surface area contributed by atoms with Gasteiger partial charge in [-0.25, -0.2) is 9.97 Å². The van der Waals surface area contributed by atoms with E-state index < -0.39 is 0 Å². The van der Waals surface area contributed by atoms with Crippen LogP contribution in [0.25, 0.3) is 0 Å². The number of hydrogen-bond acceptors (Lipinski definition) is 3. The van der Waals surface area contributed by atoms with E-state index in [0.717, 1.165) is 43.4 Å². The van der Waals surface area contributed by atoms with Gasteiger partial charge < -0.3 is 14.5 Å². The lowest BCUT2D eigenvalue weighted by atomic mass is 10.4. The van der Waals surface area contributed by atoms with Crippen molar-refractivity contribution >= 4 is 5.95 Å². The molecule has 0 spiro atoms. The topological polar surface area (TPSA) is 47.7 Å². The van der Waals surface area contributed by atoms with Gasteiger partial charge in [-0.05, 0) is 13.3 Å². The van der Waals surface area contributed by atoms with E-state index in [4.69, 9.17) is 0 Å². The highest BCUT2D eigenvalue weighted by molar-refractivity contribution is 5.28. The Morgan fingerprint density at radius 1 is 1.39 bits per heavy atom. The van der Waals surface area contributed by atoms with Crippen LogP contribution in [-0.4, -0.2) is 25.6 Å². The molecular weight excluding hydrogens is 226 g/mol. The van der Waals surface area contributed by atoms with Crippen molar-refractivity contribution in [2.24, 2.45) is 7.05 Å². The first kappa shape index (κ1) is 12.7. The Bertz CT molecular complexity index is 497. The maximum absolute atomic E-state index is 4.50. The van der Waals surface area contributed by atoms with E-state index in [1.54, 1.807) is 0 Å². The summed E-state index contributed by atoms with van der Waals surface area (Å²) in [4.78, 5) is 8.83. The van der Waals surface area contributed by atoms with Gasteiger partial charge in [0.2, 0.25) is 5.95 Å². The second-order valence-corrected chi connectivity index (χ2v) is 4.53. The zero-order valence-corrected chi connectivity index (χ0v) is 11.3.